The van der Waals surface area contributed by atoms with Gasteiger partial charge in [0.2, 0.25) is 5.91 Å². The van der Waals surface area contributed by atoms with E-state index in [0.29, 0.717) is 12.3 Å². The van der Waals surface area contributed by atoms with Crippen molar-refractivity contribution < 1.29 is 42.9 Å². The molecule has 0 unspecified atom stereocenters. The molecule has 3 aliphatic rings. The summed E-state index contributed by atoms with van der Waals surface area (Å²) >= 11 is 0. The molecule has 0 saturated carbocycles. The Hall–Kier alpha value is -3.50. The van der Waals surface area contributed by atoms with Crippen LogP contribution >= 0.6 is 0 Å². The van der Waals surface area contributed by atoms with Gasteiger partial charge in [0.05, 0.1) is 10.8 Å². The molecule has 3 rings (SSSR count). The Morgan fingerprint density at radius 1 is 0.776 bits per heavy atom. The Morgan fingerprint density at radius 2 is 1.37 bits per heavy atom. The number of amides is 1. The van der Waals surface area contributed by atoms with Gasteiger partial charge in [-0.1, -0.05) is 65.0 Å². The van der Waals surface area contributed by atoms with Crippen LogP contribution in [0.3, 0.4) is 0 Å². The first-order valence-corrected chi connectivity index (χ1v) is 17.1. The number of hydrogen-bond donors (Lipinski definition) is 1. The van der Waals surface area contributed by atoms with E-state index in [1.165, 1.54) is 12.7 Å². The molecule has 5 atom stereocenters. The molecule has 49 heavy (non-hydrogen) atoms. The van der Waals surface area contributed by atoms with Crippen molar-refractivity contribution in [3.63, 3.8) is 0 Å². The van der Waals surface area contributed by atoms with Crippen molar-refractivity contribution >= 4 is 23.8 Å². The number of methoxy groups -OCH3 is 1. The second-order valence-corrected chi connectivity index (χ2v) is 16.4. The lowest BCUT2D eigenvalue weighted by molar-refractivity contribution is -0.299. The summed E-state index contributed by atoms with van der Waals surface area (Å²) in [4.78, 5) is 53.1. The number of ether oxygens (including phenoxy) is 5. The van der Waals surface area contributed by atoms with Gasteiger partial charge in [-0.2, -0.15) is 0 Å². The van der Waals surface area contributed by atoms with Crippen molar-refractivity contribution in [2.75, 3.05) is 13.7 Å². The minimum Gasteiger partial charge on any atom is -0.455 e. The van der Waals surface area contributed by atoms with Gasteiger partial charge in [-0.25, -0.2) is 0 Å². The lowest BCUT2D eigenvalue weighted by Gasteiger charge is -2.45. The highest BCUT2D eigenvalue weighted by Gasteiger charge is 2.54. The molecule has 1 aliphatic heterocycles. The molecule has 1 heterocycles. The fourth-order valence-electron chi connectivity index (χ4n) is 5.29. The number of rotatable bonds is 10. The van der Waals surface area contributed by atoms with Crippen molar-refractivity contribution in [1.82, 2.24) is 5.32 Å². The van der Waals surface area contributed by atoms with Crippen LogP contribution < -0.4 is 5.32 Å². The maximum atomic E-state index is 13.6. The quantitative estimate of drug-likeness (QED) is 0.220. The molecule has 0 bridgehead atoms. The molecule has 2 aliphatic carbocycles. The average Bonchev–Trinajstić information content (AvgIpc) is 3.23. The largest absolute Gasteiger partial charge is 0.455 e. The third kappa shape index (κ3) is 10.3. The molecule has 1 saturated heterocycles. The van der Waals surface area contributed by atoms with Gasteiger partial charge < -0.3 is 29.0 Å². The maximum Gasteiger partial charge on any atom is 0.311 e. The van der Waals surface area contributed by atoms with E-state index >= 15 is 0 Å². The summed E-state index contributed by atoms with van der Waals surface area (Å²) in [6.07, 6.45) is -5.60. The maximum absolute atomic E-state index is 13.6. The van der Waals surface area contributed by atoms with E-state index in [0.717, 1.165) is 22.3 Å². The predicted octanol–water partition coefficient (Wildman–Crippen LogP) is 6.52. The van der Waals surface area contributed by atoms with E-state index in [4.69, 9.17) is 23.7 Å². The first-order valence-electron chi connectivity index (χ1n) is 17.1. The summed E-state index contributed by atoms with van der Waals surface area (Å²) in [6.45, 7) is 21.7. The van der Waals surface area contributed by atoms with Crippen LogP contribution in [-0.2, 0) is 49.3 Å². The number of carbonyl (C=O) groups is 4. The van der Waals surface area contributed by atoms with E-state index in [9.17, 15) is 19.2 Å². The first-order chi connectivity index (χ1) is 22.5. The minimum absolute atomic E-state index is 0.0186. The summed E-state index contributed by atoms with van der Waals surface area (Å²) in [5, 5.41) is 2.85. The van der Waals surface area contributed by atoms with Crippen LogP contribution in [0.4, 0.5) is 0 Å². The standard InChI is InChI=1S/C39H57NO9/c1-22(2)25-16-15-24(26-18-14-23(3)27(26)20-25)17-19-29(41)47-32-31(49-36(44)39(10,11)12)30(48-35(43)38(7,8)9)28(46-33(32)45-13)21-40-34(42)37(4,5)6/h14-16,18,20,22,28,30-33H,17,19,21H2,1-13H3,(H,40,42)/t28-,30-,31+,32+,33+/m1/s1. The van der Waals surface area contributed by atoms with Crippen LogP contribution in [0.25, 0.3) is 11.1 Å². The lowest BCUT2D eigenvalue weighted by atomic mass is 9.93. The van der Waals surface area contributed by atoms with Gasteiger partial charge in [0.15, 0.2) is 24.6 Å². The lowest BCUT2D eigenvalue weighted by Crippen LogP contribution is -2.64. The number of fused-ring (bicyclic) bond motifs is 1. The van der Waals surface area contributed by atoms with Crippen molar-refractivity contribution in [2.24, 2.45) is 16.2 Å². The van der Waals surface area contributed by atoms with E-state index in [2.05, 4.69) is 56.4 Å². The Labute approximate surface area is 292 Å². The van der Waals surface area contributed by atoms with Crippen LogP contribution in [0, 0.1) is 23.2 Å². The second kappa shape index (κ2) is 15.6. The van der Waals surface area contributed by atoms with Crippen LogP contribution in [0.5, 0.6) is 0 Å². The molecule has 1 fully saturated rings. The molecule has 1 N–H and O–H groups in total. The molecule has 1 amide bonds. The van der Waals surface area contributed by atoms with Crippen LogP contribution in [0.1, 0.15) is 105 Å². The Balaban J connectivity index is 1.97. The SMILES string of the molecule is CO[C@H]1O[C@H](CNC(=O)C(C)(C)C)[C@@H](OC(=O)C(C)(C)C)[C@H](OC(=O)C(C)(C)C)[C@@H]1OC(=O)CCc1ccc(C(C)C)cc2c(C)ccc1-2. The molecular formula is C39H57NO9. The van der Waals surface area contributed by atoms with Crippen molar-refractivity contribution in [3.8, 4) is 11.1 Å². The molecule has 0 aromatic heterocycles. The molecular weight excluding hydrogens is 626 g/mol. The van der Waals surface area contributed by atoms with E-state index in [-0.39, 0.29) is 18.9 Å². The zero-order valence-electron chi connectivity index (χ0n) is 31.6. The van der Waals surface area contributed by atoms with Crippen molar-refractivity contribution in [1.29, 1.82) is 0 Å². The first kappa shape index (κ1) is 39.9. The van der Waals surface area contributed by atoms with Crippen LogP contribution in [-0.4, -0.2) is 68.2 Å². The zero-order valence-corrected chi connectivity index (χ0v) is 31.6. The number of esters is 3. The Bertz CT molecular complexity index is 1460. The molecule has 0 radical (unpaired) electrons. The van der Waals surface area contributed by atoms with Gasteiger partial charge in [0.25, 0.3) is 0 Å². The van der Waals surface area contributed by atoms with Crippen molar-refractivity contribution in [3.05, 3.63) is 47.0 Å². The third-order valence-corrected chi connectivity index (χ3v) is 8.56. The highest BCUT2D eigenvalue weighted by molar-refractivity contribution is 5.81. The van der Waals surface area contributed by atoms with Crippen LogP contribution in [0.15, 0.2) is 30.3 Å². The second-order valence-electron chi connectivity index (χ2n) is 16.4. The minimum atomic E-state index is -1.30. The van der Waals surface area contributed by atoms with Gasteiger partial charge in [0.1, 0.15) is 6.10 Å². The summed E-state index contributed by atoms with van der Waals surface area (Å²) in [7, 11) is 1.38. The van der Waals surface area contributed by atoms with Gasteiger partial charge in [-0.05, 0) is 88.6 Å². The number of nitrogens with one attached hydrogen (secondary N) is 1. The van der Waals surface area contributed by atoms with Crippen molar-refractivity contribution in [2.45, 2.75) is 133 Å². The third-order valence-electron chi connectivity index (χ3n) is 8.56. The summed E-state index contributed by atoms with van der Waals surface area (Å²) in [5.41, 5.74) is 2.99. The highest BCUT2D eigenvalue weighted by atomic mass is 16.7. The molecule has 0 aromatic carbocycles. The molecule has 10 nitrogen and oxygen atoms in total. The smallest absolute Gasteiger partial charge is 0.311 e. The number of carbonyl (C=O) groups excluding carboxylic acids is 4. The molecule has 0 aromatic rings. The fourth-order valence-corrected chi connectivity index (χ4v) is 5.29. The summed E-state index contributed by atoms with van der Waals surface area (Å²) in [5.74, 6) is -1.68. The van der Waals surface area contributed by atoms with Gasteiger partial charge in [-0.3, -0.25) is 19.2 Å². The topological polar surface area (TPSA) is 126 Å². The Kier molecular flexibility index (Phi) is 12.7. The van der Waals surface area contributed by atoms with E-state index in [1.54, 1.807) is 62.3 Å². The van der Waals surface area contributed by atoms with E-state index in [1.807, 2.05) is 0 Å². The zero-order chi connectivity index (χ0) is 37.1. The normalized spacial score (nSPS) is 21.7. The summed E-state index contributed by atoms with van der Waals surface area (Å²) in [6, 6.07) is 10.5. The van der Waals surface area contributed by atoms with Gasteiger partial charge in [0, 0.05) is 25.5 Å². The number of aryl methyl sites for hydroxylation is 2. The Morgan fingerprint density at radius 3 is 1.90 bits per heavy atom. The highest BCUT2D eigenvalue weighted by Crippen LogP contribution is 2.35. The number of hydrogen-bond acceptors (Lipinski definition) is 9. The predicted molar refractivity (Wildman–Crippen MR) is 187 cm³/mol. The fraction of sp³-hybridized carbons (Fsp3) is 0.641. The van der Waals surface area contributed by atoms with Crippen LogP contribution in [0.2, 0.25) is 0 Å². The summed E-state index contributed by atoms with van der Waals surface area (Å²) < 4.78 is 29.9. The van der Waals surface area contributed by atoms with Gasteiger partial charge in [-0.15, -0.1) is 0 Å². The monoisotopic (exact) mass is 683 g/mol. The van der Waals surface area contributed by atoms with Gasteiger partial charge >= 0.3 is 17.9 Å². The molecule has 272 valence electrons. The molecule has 10 heteroatoms. The average molecular weight is 684 g/mol. The molecule has 0 spiro atoms. The van der Waals surface area contributed by atoms with E-state index < -0.39 is 64.9 Å².